The van der Waals surface area contributed by atoms with Gasteiger partial charge in [0.25, 0.3) is 0 Å². The largest absolute Gasteiger partial charge is 0.337 e. The maximum atomic E-state index is 4.54. The number of hydrogen-bond donors (Lipinski definition) is 1. The highest BCUT2D eigenvalue weighted by Crippen LogP contribution is 2.25. The van der Waals surface area contributed by atoms with Gasteiger partial charge in [-0.15, -0.1) is 0 Å². The van der Waals surface area contributed by atoms with Crippen LogP contribution < -0.4 is 5.32 Å². The van der Waals surface area contributed by atoms with Crippen molar-refractivity contribution in [1.29, 1.82) is 0 Å². The Bertz CT molecular complexity index is 332. The van der Waals surface area contributed by atoms with Gasteiger partial charge in [0.05, 0.1) is 6.04 Å². The molecule has 3 nitrogen and oxygen atoms in total. The van der Waals surface area contributed by atoms with Gasteiger partial charge in [0.15, 0.2) is 0 Å². The number of rotatable bonds is 10. The van der Waals surface area contributed by atoms with Gasteiger partial charge in [-0.25, -0.2) is 4.98 Å². The smallest absolute Gasteiger partial charge is 0.125 e. The van der Waals surface area contributed by atoms with Gasteiger partial charge in [-0.3, -0.25) is 0 Å². The first-order valence-electron chi connectivity index (χ1n) is 7.93. The number of nitrogens with zero attached hydrogens (tertiary/aromatic N) is 2. The Balaban J connectivity index is 2.65. The molecule has 2 atom stereocenters. The molecular formula is C16H31N3. The average Bonchev–Trinajstić information content (AvgIpc) is 2.84. The van der Waals surface area contributed by atoms with Crippen LogP contribution in [0.25, 0.3) is 0 Å². The summed E-state index contributed by atoms with van der Waals surface area (Å²) in [6, 6.07) is 0.404. The van der Waals surface area contributed by atoms with Crippen molar-refractivity contribution in [1.82, 2.24) is 14.9 Å². The van der Waals surface area contributed by atoms with E-state index in [4.69, 9.17) is 0 Å². The van der Waals surface area contributed by atoms with E-state index in [0.29, 0.717) is 6.04 Å². The fraction of sp³-hybridized carbons (Fsp3) is 0.812. The van der Waals surface area contributed by atoms with Crippen LogP contribution in [-0.2, 0) is 7.05 Å². The van der Waals surface area contributed by atoms with Crippen LogP contribution in [0.15, 0.2) is 12.4 Å². The molecule has 0 amide bonds. The van der Waals surface area contributed by atoms with Crippen molar-refractivity contribution in [2.24, 2.45) is 13.0 Å². The predicted octanol–water partition coefficient (Wildman–Crippen LogP) is 4.07. The van der Waals surface area contributed by atoms with Crippen LogP contribution in [0.3, 0.4) is 0 Å². The van der Waals surface area contributed by atoms with Crippen molar-refractivity contribution in [3.8, 4) is 0 Å². The first-order chi connectivity index (χ1) is 9.22. The molecule has 0 saturated carbocycles. The van der Waals surface area contributed by atoms with Crippen LogP contribution in [0.4, 0.5) is 0 Å². The number of hydrogen-bond acceptors (Lipinski definition) is 2. The highest BCUT2D eigenvalue weighted by molar-refractivity contribution is 4.99. The second-order valence-corrected chi connectivity index (χ2v) is 5.56. The van der Waals surface area contributed by atoms with Crippen molar-refractivity contribution in [3.63, 3.8) is 0 Å². The van der Waals surface area contributed by atoms with Crippen molar-refractivity contribution in [2.45, 2.75) is 65.3 Å². The zero-order chi connectivity index (χ0) is 14.1. The molecule has 0 radical (unpaired) electrons. The third-order valence-electron chi connectivity index (χ3n) is 3.92. The SMILES string of the molecule is CCCCC(CC)CC(NCCC)c1nccn1C. The van der Waals surface area contributed by atoms with Crippen LogP contribution in [0.5, 0.6) is 0 Å². The van der Waals surface area contributed by atoms with E-state index in [1.54, 1.807) is 0 Å². The van der Waals surface area contributed by atoms with Crippen LogP contribution in [-0.4, -0.2) is 16.1 Å². The molecular weight excluding hydrogens is 234 g/mol. The van der Waals surface area contributed by atoms with E-state index in [2.05, 4.69) is 42.7 Å². The maximum absolute atomic E-state index is 4.54. The highest BCUT2D eigenvalue weighted by Gasteiger charge is 2.19. The molecule has 0 spiro atoms. The lowest BCUT2D eigenvalue weighted by atomic mass is 9.91. The highest BCUT2D eigenvalue weighted by atomic mass is 15.1. The van der Waals surface area contributed by atoms with E-state index in [0.717, 1.165) is 12.5 Å². The van der Waals surface area contributed by atoms with Crippen LogP contribution in [0, 0.1) is 5.92 Å². The van der Waals surface area contributed by atoms with Gasteiger partial charge in [-0.1, -0.05) is 46.5 Å². The Morgan fingerprint density at radius 1 is 1.26 bits per heavy atom. The Morgan fingerprint density at radius 3 is 2.58 bits per heavy atom. The normalized spacial score (nSPS) is 14.5. The van der Waals surface area contributed by atoms with Crippen molar-refractivity contribution in [2.75, 3.05) is 6.54 Å². The molecule has 0 saturated heterocycles. The van der Waals surface area contributed by atoms with E-state index in [-0.39, 0.29) is 0 Å². The summed E-state index contributed by atoms with van der Waals surface area (Å²) in [7, 11) is 2.09. The lowest BCUT2D eigenvalue weighted by molar-refractivity contribution is 0.341. The Morgan fingerprint density at radius 2 is 2.05 bits per heavy atom. The lowest BCUT2D eigenvalue weighted by Crippen LogP contribution is -2.27. The molecule has 0 fully saturated rings. The van der Waals surface area contributed by atoms with Gasteiger partial charge in [-0.2, -0.15) is 0 Å². The number of aryl methyl sites for hydroxylation is 1. The number of aromatic nitrogens is 2. The fourth-order valence-electron chi connectivity index (χ4n) is 2.63. The quantitative estimate of drug-likeness (QED) is 0.691. The summed E-state index contributed by atoms with van der Waals surface area (Å²) in [6.07, 6.45) is 11.6. The summed E-state index contributed by atoms with van der Waals surface area (Å²) < 4.78 is 2.15. The summed E-state index contributed by atoms with van der Waals surface area (Å²) >= 11 is 0. The zero-order valence-corrected chi connectivity index (χ0v) is 13.2. The van der Waals surface area contributed by atoms with E-state index in [9.17, 15) is 0 Å². The minimum Gasteiger partial charge on any atom is -0.337 e. The topological polar surface area (TPSA) is 29.9 Å². The Labute approximate surface area is 118 Å². The second kappa shape index (κ2) is 9.13. The second-order valence-electron chi connectivity index (χ2n) is 5.56. The van der Waals surface area contributed by atoms with E-state index < -0.39 is 0 Å². The molecule has 0 bridgehead atoms. The minimum absolute atomic E-state index is 0.404. The van der Waals surface area contributed by atoms with E-state index in [1.807, 2.05) is 12.4 Å². The molecule has 0 aliphatic carbocycles. The summed E-state index contributed by atoms with van der Waals surface area (Å²) in [4.78, 5) is 4.54. The molecule has 0 aliphatic heterocycles. The standard InChI is InChI=1S/C16H31N3/c1-5-8-9-14(7-3)13-15(17-10-6-2)16-18-11-12-19(16)4/h11-12,14-15,17H,5-10,13H2,1-4H3. The molecule has 1 aromatic heterocycles. The molecule has 0 aromatic carbocycles. The summed E-state index contributed by atoms with van der Waals surface area (Å²) in [5, 5.41) is 3.67. The molecule has 1 aromatic rings. The van der Waals surface area contributed by atoms with Gasteiger partial charge in [-0.05, 0) is 25.3 Å². The first kappa shape index (κ1) is 16.2. The molecule has 1 N–H and O–H groups in total. The van der Waals surface area contributed by atoms with Gasteiger partial charge < -0.3 is 9.88 Å². The van der Waals surface area contributed by atoms with Crippen LogP contribution in [0.2, 0.25) is 0 Å². The molecule has 110 valence electrons. The minimum atomic E-state index is 0.404. The zero-order valence-electron chi connectivity index (χ0n) is 13.2. The molecule has 2 unspecified atom stereocenters. The average molecular weight is 265 g/mol. The van der Waals surface area contributed by atoms with Crippen LogP contribution in [0.1, 0.15) is 71.2 Å². The monoisotopic (exact) mass is 265 g/mol. The van der Waals surface area contributed by atoms with Gasteiger partial charge in [0.2, 0.25) is 0 Å². The first-order valence-corrected chi connectivity index (χ1v) is 7.93. The summed E-state index contributed by atoms with van der Waals surface area (Å²) in [5.74, 6) is 1.99. The predicted molar refractivity (Wildman–Crippen MR) is 82.2 cm³/mol. The lowest BCUT2D eigenvalue weighted by Gasteiger charge is -2.23. The summed E-state index contributed by atoms with van der Waals surface area (Å²) in [6.45, 7) is 7.88. The Hall–Kier alpha value is -0.830. The van der Waals surface area contributed by atoms with Gasteiger partial charge in [0, 0.05) is 19.4 Å². The number of nitrogens with one attached hydrogen (secondary N) is 1. The maximum Gasteiger partial charge on any atom is 0.125 e. The van der Waals surface area contributed by atoms with Gasteiger partial charge in [0.1, 0.15) is 5.82 Å². The molecule has 0 aliphatic rings. The van der Waals surface area contributed by atoms with Crippen LogP contribution >= 0.6 is 0 Å². The van der Waals surface area contributed by atoms with E-state index in [1.165, 1.54) is 44.3 Å². The van der Waals surface area contributed by atoms with Crippen molar-refractivity contribution >= 4 is 0 Å². The molecule has 1 heterocycles. The van der Waals surface area contributed by atoms with Gasteiger partial charge >= 0.3 is 0 Å². The third kappa shape index (κ3) is 5.35. The summed E-state index contributed by atoms with van der Waals surface area (Å²) in [5.41, 5.74) is 0. The molecule has 1 rings (SSSR count). The number of imidazole rings is 1. The fourth-order valence-corrected chi connectivity index (χ4v) is 2.63. The number of unbranched alkanes of at least 4 members (excludes halogenated alkanes) is 1. The van der Waals surface area contributed by atoms with Crippen molar-refractivity contribution < 1.29 is 0 Å². The van der Waals surface area contributed by atoms with E-state index >= 15 is 0 Å². The molecule has 19 heavy (non-hydrogen) atoms. The Kier molecular flexibility index (Phi) is 7.80. The van der Waals surface area contributed by atoms with Crippen molar-refractivity contribution in [3.05, 3.63) is 18.2 Å². The molecule has 3 heteroatoms. The third-order valence-corrected chi connectivity index (χ3v) is 3.92.